The number of hydrogen-bond acceptors (Lipinski definition) is 2. The van der Waals surface area contributed by atoms with Crippen LogP contribution in [0.15, 0.2) is 36.9 Å². The lowest BCUT2D eigenvalue weighted by atomic mass is 9.68. The van der Waals surface area contributed by atoms with Gasteiger partial charge in [0.2, 0.25) is 0 Å². The average molecular weight is 440 g/mol. The Morgan fingerprint density at radius 3 is 1.78 bits per heavy atom. The molecule has 0 aromatic heterocycles. The van der Waals surface area contributed by atoms with Crippen molar-refractivity contribution in [3.63, 3.8) is 0 Å². The highest BCUT2D eigenvalue weighted by Crippen LogP contribution is 2.43. The number of benzene rings is 1. The number of hydrogen-bond donors (Lipinski definition) is 0. The van der Waals surface area contributed by atoms with E-state index in [-0.39, 0.29) is 0 Å². The summed E-state index contributed by atoms with van der Waals surface area (Å²) in [6.45, 7) is 5.44. The molecule has 32 heavy (non-hydrogen) atoms. The van der Waals surface area contributed by atoms with Gasteiger partial charge < -0.3 is 4.90 Å². The zero-order valence-electron chi connectivity index (χ0n) is 21.2. The van der Waals surface area contributed by atoms with Crippen LogP contribution in [0.25, 0.3) is 0 Å². The van der Waals surface area contributed by atoms with Gasteiger partial charge in [-0.1, -0.05) is 77.0 Å². The summed E-state index contributed by atoms with van der Waals surface area (Å²) < 4.78 is 0. The van der Waals surface area contributed by atoms with Crippen LogP contribution in [0.1, 0.15) is 96.0 Å². The maximum atomic E-state index is 9.06. The van der Waals surface area contributed by atoms with Gasteiger partial charge in [0.1, 0.15) is 6.29 Å². The smallest absolute Gasteiger partial charge is 0.142 e. The average Bonchev–Trinajstić information content (AvgIpc) is 2.84. The number of aryl methyl sites for hydroxylation is 1. The molecule has 0 saturated heterocycles. The Morgan fingerprint density at radius 1 is 0.844 bits per heavy atom. The molecular formula is C30H49NO. The molecule has 180 valence electrons. The summed E-state index contributed by atoms with van der Waals surface area (Å²) in [5.41, 5.74) is 2.83. The van der Waals surface area contributed by atoms with Gasteiger partial charge in [-0.05, 0) is 86.0 Å². The molecule has 0 radical (unpaired) electrons. The third-order valence-corrected chi connectivity index (χ3v) is 8.06. The highest BCUT2D eigenvalue weighted by atomic mass is 16.1. The molecule has 1 aromatic rings. The van der Waals surface area contributed by atoms with E-state index in [1.54, 1.807) is 12.8 Å². The third-order valence-electron chi connectivity index (χ3n) is 8.06. The SMILES string of the molecule is C=CC=O.CCCCCC1CCC(C2CCC(CCc3ccc(N(C)C)cc3)CC2)CC1. The van der Waals surface area contributed by atoms with Gasteiger partial charge in [0.25, 0.3) is 0 Å². The molecule has 0 aliphatic heterocycles. The van der Waals surface area contributed by atoms with E-state index >= 15 is 0 Å². The van der Waals surface area contributed by atoms with Gasteiger partial charge in [-0.2, -0.15) is 0 Å². The molecule has 2 aliphatic rings. The Balaban J connectivity index is 0.000000837. The lowest BCUT2D eigenvalue weighted by Gasteiger charge is -2.38. The predicted molar refractivity (Wildman–Crippen MR) is 140 cm³/mol. The summed E-state index contributed by atoms with van der Waals surface area (Å²) in [6, 6.07) is 9.20. The van der Waals surface area contributed by atoms with Crippen LogP contribution >= 0.6 is 0 Å². The van der Waals surface area contributed by atoms with E-state index in [1.165, 1.54) is 94.4 Å². The molecule has 0 heterocycles. The minimum Gasteiger partial charge on any atom is -0.378 e. The Kier molecular flexibility index (Phi) is 12.8. The number of anilines is 1. The monoisotopic (exact) mass is 439 g/mol. The molecular weight excluding hydrogens is 390 g/mol. The van der Waals surface area contributed by atoms with Crippen LogP contribution in [0.2, 0.25) is 0 Å². The summed E-state index contributed by atoms with van der Waals surface area (Å²) >= 11 is 0. The summed E-state index contributed by atoms with van der Waals surface area (Å²) in [4.78, 5) is 11.2. The summed E-state index contributed by atoms with van der Waals surface area (Å²) in [5.74, 6) is 4.18. The van der Waals surface area contributed by atoms with Crippen LogP contribution in [0, 0.1) is 23.7 Å². The molecule has 0 unspecified atom stereocenters. The lowest BCUT2D eigenvalue weighted by molar-refractivity contribution is -0.104. The van der Waals surface area contributed by atoms with Crippen molar-refractivity contribution < 1.29 is 4.79 Å². The van der Waals surface area contributed by atoms with Crippen molar-refractivity contribution in [2.45, 2.75) is 96.8 Å². The third kappa shape index (κ3) is 9.51. The van der Waals surface area contributed by atoms with Gasteiger partial charge in [0.15, 0.2) is 0 Å². The van der Waals surface area contributed by atoms with E-state index in [2.05, 4.69) is 56.8 Å². The van der Waals surface area contributed by atoms with E-state index in [9.17, 15) is 0 Å². The van der Waals surface area contributed by atoms with Gasteiger partial charge in [-0.15, -0.1) is 0 Å². The molecule has 2 heteroatoms. The highest BCUT2D eigenvalue weighted by molar-refractivity contribution is 5.63. The second-order valence-corrected chi connectivity index (χ2v) is 10.5. The van der Waals surface area contributed by atoms with Crippen molar-refractivity contribution in [3.8, 4) is 0 Å². The van der Waals surface area contributed by atoms with Gasteiger partial charge in [-0.25, -0.2) is 0 Å². The number of nitrogens with zero attached hydrogens (tertiary/aromatic N) is 1. The fraction of sp³-hybridized carbons (Fsp3) is 0.700. The van der Waals surface area contributed by atoms with Crippen LogP contribution in [0.4, 0.5) is 5.69 Å². The molecule has 2 nitrogen and oxygen atoms in total. The van der Waals surface area contributed by atoms with E-state index in [1.807, 2.05) is 0 Å². The number of allylic oxidation sites excluding steroid dienone is 1. The van der Waals surface area contributed by atoms with Crippen molar-refractivity contribution in [3.05, 3.63) is 42.5 Å². The maximum absolute atomic E-state index is 9.06. The first-order chi connectivity index (χ1) is 15.6. The zero-order valence-corrected chi connectivity index (χ0v) is 21.2. The topological polar surface area (TPSA) is 20.3 Å². The van der Waals surface area contributed by atoms with E-state index in [4.69, 9.17) is 4.79 Å². The number of carbonyl (C=O) groups excluding carboxylic acids is 1. The maximum Gasteiger partial charge on any atom is 0.142 e. The number of carbonyl (C=O) groups is 1. The van der Waals surface area contributed by atoms with Gasteiger partial charge in [-0.3, -0.25) is 4.79 Å². The Morgan fingerprint density at radius 2 is 1.34 bits per heavy atom. The van der Waals surface area contributed by atoms with Gasteiger partial charge >= 0.3 is 0 Å². The Bertz CT molecular complexity index is 613. The van der Waals surface area contributed by atoms with Crippen molar-refractivity contribution in [2.24, 2.45) is 23.7 Å². The molecule has 0 N–H and O–H groups in total. The standard InChI is InChI=1S/C27H45N.C3H4O/c1-4-5-6-7-22-10-16-25(17-11-22)26-18-12-23(13-19-26)8-9-24-14-20-27(21-15-24)28(2)3;1-2-3-4/h14-15,20-23,25-26H,4-13,16-19H2,1-3H3;2-3H,1H2. The Hall–Kier alpha value is -1.57. The van der Waals surface area contributed by atoms with Crippen molar-refractivity contribution in [1.29, 1.82) is 0 Å². The molecule has 0 atom stereocenters. The minimum absolute atomic E-state index is 0.639. The van der Waals surface area contributed by atoms with Crippen molar-refractivity contribution >= 4 is 12.0 Å². The van der Waals surface area contributed by atoms with E-state index in [0.29, 0.717) is 6.29 Å². The summed E-state index contributed by atoms with van der Waals surface area (Å²) in [6.07, 6.45) is 22.5. The molecule has 2 aliphatic carbocycles. The van der Waals surface area contributed by atoms with E-state index < -0.39 is 0 Å². The highest BCUT2D eigenvalue weighted by Gasteiger charge is 2.30. The lowest BCUT2D eigenvalue weighted by Crippen LogP contribution is -2.26. The molecule has 3 rings (SSSR count). The fourth-order valence-electron chi connectivity index (χ4n) is 5.91. The largest absolute Gasteiger partial charge is 0.378 e. The fourth-order valence-corrected chi connectivity index (χ4v) is 5.91. The van der Waals surface area contributed by atoms with Crippen LogP contribution in [0.5, 0.6) is 0 Å². The van der Waals surface area contributed by atoms with E-state index in [0.717, 1.165) is 23.7 Å². The molecule has 2 saturated carbocycles. The second-order valence-electron chi connectivity index (χ2n) is 10.5. The van der Waals surface area contributed by atoms with Crippen LogP contribution in [0.3, 0.4) is 0 Å². The molecule has 0 spiro atoms. The van der Waals surface area contributed by atoms with Crippen LogP contribution < -0.4 is 4.90 Å². The molecule has 0 amide bonds. The number of rotatable bonds is 10. The van der Waals surface area contributed by atoms with Crippen LogP contribution in [-0.4, -0.2) is 20.4 Å². The first kappa shape index (κ1) is 26.7. The zero-order chi connectivity index (χ0) is 23.2. The minimum atomic E-state index is 0.639. The van der Waals surface area contributed by atoms with Crippen molar-refractivity contribution in [2.75, 3.05) is 19.0 Å². The normalized spacial score (nSPS) is 25.3. The van der Waals surface area contributed by atoms with Crippen molar-refractivity contribution in [1.82, 2.24) is 0 Å². The Labute approximate surface area is 198 Å². The molecule has 2 fully saturated rings. The second kappa shape index (κ2) is 15.3. The van der Waals surface area contributed by atoms with Gasteiger partial charge in [0, 0.05) is 19.8 Å². The van der Waals surface area contributed by atoms with Gasteiger partial charge in [0.05, 0.1) is 0 Å². The molecule has 0 bridgehead atoms. The van der Waals surface area contributed by atoms with Crippen LogP contribution in [-0.2, 0) is 11.2 Å². The first-order valence-electron chi connectivity index (χ1n) is 13.4. The first-order valence-corrected chi connectivity index (χ1v) is 13.4. The number of unbranched alkanes of at least 4 members (excludes halogenated alkanes) is 2. The summed E-state index contributed by atoms with van der Waals surface area (Å²) in [5, 5.41) is 0. The quantitative estimate of drug-likeness (QED) is 0.208. The predicted octanol–water partition coefficient (Wildman–Crippen LogP) is 8.25. The summed E-state index contributed by atoms with van der Waals surface area (Å²) in [7, 11) is 4.23. The molecule has 1 aromatic carbocycles. The number of aldehydes is 1.